The van der Waals surface area contributed by atoms with E-state index in [9.17, 15) is 14.9 Å². The molecule has 1 saturated heterocycles. The Bertz CT molecular complexity index is 964. The fourth-order valence-corrected chi connectivity index (χ4v) is 3.26. The summed E-state index contributed by atoms with van der Waals surface area (Å²) >= 11 is 11.8. The van der Waals surface area contributed by atoms with Gasteiger partial charge in [0.25, 0.3) is 11.6 Å². The van der Waals surface area contributed by atoms with Gasteiger partial charge in [-0.25, -0.2) is 5.43 Å². The summed E-state index contributed by atoms with van der Waals surface area (Å²) in [5, 5.41) is 15.8. The molecule has 1 N–H and O–H groups in total. The van der Waals surface area contributed by atoms with Crippen molar-refractivity contribution in [3.8, 4) is 5.75 Å². The molecule has 0 atom stereocenters. The molecule has 0 spiro atoms. The Kier molecular flexibility index (Phi) is 7.45. The first-order valence-corrected chi connectivity index (χ1v) is 9.70. The number of benzene rings is 2. The van der Waals surface area contributed by atoms with Crippen LogP contribution in [0.1, 0.15) is 5.56 Å². The highest BCUT2D eigenvalue weighted by molar-refractivity contribution is 6.35. The average molecular weight is 453 g/mol. The first-order chi connectivity index (χ1) is 14.4. The van der Waals surface area contributed by atoms with Crippen molar-refractivity contribution in [1.82, 2.24) is 5.43 Å². The van der Waals surface area contributed by atoms with E-state index >= 15 is 0 Å². The monoisotopic (exact) mass is 452 g/mol. The predicted molar refractivity (Wildman–Crippen MR) is 114 cm³/mol. The van der Waals surface area contributed by atoms with Gasteiger partial charge < -0.3 is 14.4 Å². The Labute approximate surface area is 182 Å². The van der Waals surface area contributed by atoms with Crippen LogP contribution in [0.15, 0.2) is 41.5 Å². The van der Waals surface area contributed by atoms with Crippen molar-refractivity contribution in [1.29, 1.82) is 0 Å². The smallest absolute Gasteiger partial charge is 0.277 e. The number of nitrogens with zero attached hydrogens (tertiary/aromatic N) is 3. The van der Waals surface area contributed by atoms with Gasteiger partial charge in [0.1, 0.15) is 5.75 Å². The molecule has 1 aliphatic heterocycles. The van der Waals surface area contributed by atoms with Crippen LogP contribution in [-0.2, 0) is 9.53 Å². The quantitative estimate of drug-likeness (QED) is 0.392. The van der Waals surface area contributed by atoms with Gasteiger partial charge in [0.2, 0.25) is 0 Å². The summed E-state index contributed by atoms with van der Waals surface area (Å²) in [5.41, 5.74) is 3.54. The lowest BCUT2D eigenvalue weighted by atomic mass is 10.1. The van der Waals surface area contributed by atoms with Crippen LogP contribution in [0.25, 0.3) is 0 Å². The zero-order valence-corrected chi connectivity index (χ0v) is 17.2. The molecule has 0 radical (unpaired) electrons. The molecular formula is C19H18Cl2N4O5. The predicted octanol–water partition coefficient (Wildman–Crippen LogP) is 3.27. The lowest BCUT2D eigenvalue weighted by Crippen LogP contribution is -2.36. The fourth-order valence-electron chi connectivity index (χ4n) is 2.79. The van der Waals surface area contributed by atoms with Crippen molar-refractivity contribution in [3.63, 3.8) is 0 Å². The Hall–Kier alpha value is -2.88. The first-order valence-electron chi connectivity index (χ1n) is 8.95. The molecule has 1 heterocycles. The van der Waals surface area contributed by atoms with Gasteiger partial charge in [-0.05, 0) is 24.3 Å². The zero-order chi connectivity index (χ0) is 21.5. The Morgan fingerprint density at radius 2 is 2.03 bits per heavy atom. The van der Waals surface area contributed by atoms with E-state index in [1.54, 1.807) is 18.2 Å². The number of carbonyl (C=O) groups excluding carboxylic acids is 1. The summed E-state index contributed by atoms with van der Waals surface area (Å²) in [6.07, 6.45) is 1.37. The number of carbonyl (C=O) groups is 1. The number of hydrogen-bond acceptors (Lipinski definition) is 7. The number of amides is 1. The van der Waals surface area contributed by atoms with E-state index in [0.717, 1.165) is 5.69 Å². The standard InChI is InChI=1S/C19H18Cl2N4O5/c20-14-1-4-18(16(21)10-14)30-12-19(26)23-22-11-13-9-15(25(27)28)2-3-17(13)24-5-7-29-8-6-24/h1-4,9-11H,5-8,12H2,(H,23,26)/b22-11-. The van der Waals surface area contributed by atoms with Gasteiger partial charge in [0.05, 0.1) is 29.4 Å². The number of nitrogens with one attached hydrogen (secondary N) is 1. The van der Waals surface area contributed by atoms with E-state index in [0.29, 0.717) is 42.6 Å². The third kappa shape index (κ3) is 5.82. The minimum atomic E-state index is -0.518. The van der Waals surface area contributed by atoms with Crippen molar-refractivity contribution in [3.05, 3.63) is 62.1 Å². The lowest BCUT2D eigenvalue weighted by Gasteiger charge is -2.29. The Balaban J connectivity index is 1.65. The second kappa shape index (κ2) is 10.2. The van der Waals surface area contributed by atoms with Gasteiger partial charge in [0.15, 0.2) is 6.61 Å². The molecule has 0 saturated carbocycles. The summed E-state index contributed by atoms with van der Waals surface area (Å²) < 4.78 is 10.7. The molecule has 1 aliphatic rings. The molecule has 2 aromatic carbocycles. The lowest BCUT2D eigenvalue weighted by molar-refractivity contribution is -0.384. The number of nitro benzene ring substituents is 1. The van der Waals surface area contributed by atoms with Gasteiger partial charge in [0, 0.05) is 41.5 Å². The third-order valence-corrected chi connectivity index (χ3v) is 4.75. The molecule has 11 heteroatoms. The summed E-state index contributed by atoms with van der Waals surface area (Å²) in [7, 11) is 0. The molecule has 158 valence electrons. The van der Waals surface area contributed by atoms with Crippen LogP contribution in [0.2, 0.25) is 10.0 Å². The van der Waals surface area contributed by atoms with Crippen LogP contribution < -0.4 is 15.1 Å². The van der Waals surface area contributed by atoms with Crippen molar-refractivity contribution >= 4 is 46.7 Å². The highest BCUT2D eigenvalue weighted by atomic mass is 35.5. The van der Waals surface area contributed by atoms with Crippen LogP contribution in [0.4, 0.5) is 11.4 Å². The van der Waals surface area contributed by atoms with E-state index in [4.69, 9.17) is 32.7 Å². The summed E-state index contributed by atoms with van der Waals surface area (Å²) in [6, 6.07) is 9.16. The van der Waals surface area contributed by atoms with Crippen LogP contribution >= 0.6 is 23.2 Å². The van der Waals surface area contributed by atoms with Gasteiger partial charge in [-0.3, -0.25) is 14.9 Å². The average Bonchev–Trinajstić information content (AvgIpc) is 2.73. The number of morpholine rings is 1. The fraction of sp³-hybridized carbons (Fsp3) is 0.263. The minimum Gasteiger partial charge on any atom is -0.482 e. The molecule has 3 rings (SSSR count). The largest absolute Gasteiger partial charge is 0.482 e. The van der Waals surface area contributed by atoms with E-state index in [-0.39, 0.29) is 17.3 Å². The van der Waals surface area contributed by atoms with Gasteiger partial charge in [-0.1, -0.05) is 23.2 Å². The van der Waals surface area contributed by atoms with Crippen LogP contribution in [0.3, 0.4) is 0 Å². The van der Waals surface area contributed by atoms with Crippen molar-refractivity contribution in [2.45, 2.75) is 0 Å². The molecule has 30 heavy (non-hydrogen) atoms. The maximum absolute atomic E-state index is 12.0. The van der Waals surface area contributed by atoms with Gasteiger partial charge in [-0.2, -0.15) is 5.10 Å². The summed E-state index contributed by atoms with van der Waals surface area (Å²) in [6.45, 7) is 2.12. The number of rotatable bonds is 7. The molecule has 1 fully saturated rings. The van der Waals surface area contributed by atoms with Crippen molar-refractivity contribution in [2.24, 2.45) is 5.10 Å². The number of ether oxygens (including phenoxy) is 2. The molecule has 0 aromatic heterocycles. The maximum Gasteiger partial charge on any atom is 0.277 e. The molecule has 0 bridgehead atoms. The number of anilines is 1. The van der Waals surface area contributed by atoms with E-state index < -0.39 is 10.8 Å². The molecule has 1 amide bonds. The number of nitro groups is 1. The topological polar surface area (TPSA) is 106 Å². The zero-order valence-electron chi connectivity index (χ0n) is 15.7. The highest BCUT2D eigenvalue weighted by Crippen LogP contribution is 2.27. The van der Waals surface area contributed by atoms with E-state index in [2.05, 4.69) is 10.5 Å². The van der Waals surface area contributed by atoms with Crippen LogP contribution in [0, 0.1) is 10.1 Å². The Morgan fingerprint density at radius 1 is 1.27 bits per heavy atom. The molecule has 0 aliphatic carbocycles. The first kappa shape index (κ1) is 21.8. The molecular weight excluding hydrogens is 435 g/mol. The van der Waals surface area contributed by atoms with Gasteiger partial charge in [-0.15, -0.1) is 0 Å². The molecule has 2 aromatic rings. The number of hydrazone groups is 1. The molecule has 9 nitrogen and oxygen atoms in total. The minimum absolute atomic E-state index is 0.0690. The summed E-state index contributed by atoms with van der Waals surface area (Å²) in [4.78, 5) is 24.7. The van der Waals surface area contributed by atoms with Crippen LogP contribution in [-0.4, -0.2) is 50.0 Å². The number of halogens is 2. The van der Waals surface area contributed by atoms with E-state index in [1.165, 1.54) is 24.4 Å². The number of hydrogen-bond donors (Lipinski definition) is 1. The maximum atomic E-state index is 12.0. The Morgan fingerprint density at radius 3 is 2.73 bits per heavy atom. The van der Waals surface area contributed by atoms with Crippen molar-refractivity contribution in [2.75, 3.05) is 37.8 Å². The molecule has 0 unspecified atom stereocenters. The highest BCUT2D eigenvalue weighted by Gasteiger charge is 2.17. The summed E-state index contributed by atoms with van der Waals surface area (Å²) in [5.74, 6) is -0.205. The van der Waals surface area contributed by atoms with E-state index in [1.807, 2.05) is 4.90 Å². The van der Waals surface area contributed by atoms with Gasteiger partial charge >= 0.3 is 0 Å². The van der Waals surface area contributed by atoms with Crippen molar-refractivity contribution < 1.29 is 19.2 Å². The SMILES string of the molecule is O=C(COc1ccc(Cl)cc1Cl)N/N=C\c1cc([N+](=O)[O-])ccc1N1CCOCC1. The second-order valence-corrected chi connectivity index (χ2v) is 7.10. The second-order valence-electron chi connectivity index (χ2n) is 6.26. The third-order valence-electron chi connectivity index (χ3n) is 4.22. The normalized spacial score (nSPS) is 14.0. The number of non-ortho nitro benzene ring substituents is 1. The van der Waals surface area contributed by atoms with Crippen LogP contribution in [0.5, 0.6) is 5.75 Å².